The maximum absolute atomic E-state index is 3.60. The van der Waals surface area contributed by atoms with Crippen molar-refractivity contribution >= 4 is 27.7 Å². The molecule has 0 saturated carbocycles. The van der Waals surface area contributed by atoms with Crippen molar-refractivity contribution in [1.29, 1.82) is 0 Å². The van der Waals surface area contributed by atoms with Crippen LogP contribution in [0.1, 0.15) is 18.9 Å². The van der Waals surface area contributed by atoms with Gasteiger partial charge in [0.15, 0.2) is 0 Å². The van der Waals surface area contributed by atoms with Crippen LogP contribution in [0.4, 0.5) is 0 Å². The molecule has 0 saturated heterocycles. The Morgan fingerprint density at radius 3 is 2.43 bits per heavy atom. The molecule has 0 heterocycles. The van der Waals surface area contributed by atoms with Crippen LogP contribution in [0.3, 0.4) is 0 Å². The van der Waals surface area contributed by atoms with E-state index in [1.165, 1.54) is 16.9 Å². The first-order valence-corrected chi connectivity index (χ1v) is 9.21. The molecule has 0 aliphatic carbocycles. The van der Waals surface area contributed by atoms with Gasteiger partial charge in [-0.15, -0.1) is 11.8 Å². The number of benzene rings is 2. The predicted octanol–water partition coefficient (Wildman–Crippen LogP) is 5.15. The quantitative estimate of drug-likeness (QED) is 0.650. The molecule has 1 atom stereocenters. The molecule has 0 amide bonds. The summed E-state index contributed by atoms with van der Waals surface area (Å²) in [7, 11) is 0. The number of hydrogen-bond donors (Lipinski definition) is 1. The monoisotopic (exact) mass is 363 g/mol. The molecule has 2 rings (SSSR count). The standard InChI is InChI=1S/C18H22BrNS/c1-2-20-17(11-8-15-6-4-3-5-7-15)14-21-18-12-9-16(19)10-13-18/h3-7,9-10,12-13,17,20H,2,8,11,14H2,1H3. The molecule has 0 aliphatic rings. The van der Waals surface area contributed by atoms with Crippen LogP contribution in [0.15, 0.2) is 64.0 Å². The Morgan fingerprint density at radius 2 is 1.76 bits per heavy atom. The lowest BCUT2D eigenvalue weighted by atomic mass is 10.1. The van der Waals surface area contributed by atoms with Crippen LogP contribution >= 0.6 is 27.7 Å². The molecule has 112 valence electrons. The maximum atomic E-state index is 3.60. The second kappa shape index (κ2) is 9.29. The highest BCUT2D eigenvalue weighted by Gasteiger charge is 2.08. The van der Waals surface area contributed by atoms with Gasteiger partial charge < -0.3 is 5.32 Å². The van der Waals surface area contributed by atoms with Gasteiger partial charge in [-0.1, -0.05) is 53.2 Å². The van der Waals surface area contributed by atoms with Crippen molar-refractivity contribution in [1.82, 2.24) is 5.32 Å². The molecule has 2 aromatic carbocycles. The predicted molar refractivity (Wildman–Crippen MR) is 97.1 cm³/mol. The van der Waals surface area contributed by atoms with Crippen LogP contribution in [0, 0.1) is 0 Å². The average Bonchev–Trinajstić information content (AvgIpc) is 2.52. The number of thioether (sulfide) groups is 1. The molecule has 0 bridgehead atoms. The van der Waals surface area contributed by atoms with Gasteiger partial charge in [-0.05, 0) is 49.2 Å². The van der Waals surface area contributed by atoms with Gasteiger partial charge in [-0.25, -0.2) is 0 Å². The second-order valence-electron chi connectivity index (χ2n) is 5.04. The molecule has 21 heavy (non-hydrogen) atoms. The summed E-state index contributed by atoms with van der Waals surface area (Å²) in [6.07, 6.45) is 2.32. The molecule has 0 aliphatic heterocycles. The average molecular weight is 364 g/mol. The molecule has 0 radical (unpaired) electrons. The molecular formula is C18H22BrNS. The Kier molecular flexibility index (Phi) is 7.34. The lowest BCUT2D eigenvalue weighted by Gasteiger charge is -2.17. The maximum Gasteiger partial charge on any atom is 0.0176 e. The van der Waals surface area contributed by atoms with E-state index >= 15 is 0 Å². The van der Waals surface area contributed by atoms with E-state index in [1.807, 2.05) is 11.8 Å². The second-order valence-corrected chi connectivity index (χ2v) is 7.05. The molecular weight excluding hydrogens is 342 g/mol. The number of halogens is 1. The zero-order chi connectivity index (χ0) is 14.9. The molecule has 1 unspecified atom stereocenters. The van der Waals surface area contributed by atoms with Crippen LogP contribution in [-0.4, -0.2) is 18.3 Å². The zero-order valence-corrected chi connectivity index (χ0v) is 14.8. The smallest absolute Gasteiger partial charge is 0.0176 e. The summed E-state index contributed by atoms with van der Waals surface area (Å²) in [6.45, 7) is 3.21. The van der Waals surface area contributed by atoms with E-state index in [2.05, 4.69) is 82.8 Å². The minimum absolute atomic E-state index is 0.559. The van der Waals surface area contributed by atoms with E-state index < -0.39 is 0 Å². The van der Waals surface area contributed by atoms with E-state index in [-0.39, 0.29) is 0 Å². The van der Waals surface area contributed by atoms with Gasteiger partial charge in [0.05, 0.1) is 0 Å². The van der Waals surface area contributed by atoms with E-state index in [1.54, 1.807) is 0 Å². The summed E-state index contributed by atoms with van der Waals surface area (Å²) in [5.41, 5.74) is 1.43. The molecule has 0 spiro atoms. The highest BCUT2D eigenvalue weighted by atomic mass is 79.9. The fourth-order valence-corrected chi connectivity index (χ4v) is 3.52. The van der Waals surface area contributed by atoms with Gasteiger partial charge in [0, 0.05) is 21.2 Å². The summed E-state index contributed by atoms with van der Waals surface area (Å²) in [4.78, 5) is 1.33. The van der Waals surface area contributed by atoms with E-state index in [9.17, 15) is 0 Å². The SMILES string of the molecule is CCNC(CCc1ccccc1)CSc1ccc(Br)cc1. The third-order valence-electron chi connectivity index (χ3n) is 3.38. The van der Waals surface area contributed by atoms with Gasteiger partial charge in [0.25, 0.3) is 0 Å². The fourth-order valence-electron chi connectivity index (χ4n) is 2.25. The molecule has 1 N–H and O–H groups in total. The van der Waals surface area contributed by atoms with E-state index in [0.29, 0.717) is 6.04 Å². The third kappa shape index (κ3) is 6.25. The topological polar surface area (TPSA) is 12.0 Å². The van der Waals surface area contributed by atoms with Gasteiger partial charge in [0.1, 0.15) is 0 Å². The minimum atomic E-state index is 0.559. The van der Waals surface area contributed by atoms with Crippen molar-refractivity contribution in [2.75, 3.05) is 12.3 Å². The van der Waals surface area contributed by atoms with Crippen LogP contribution in [0.2, 0.25) is 0 Å². The van der Waals surface area contributed by atoms with Crippen molar-refractivity contribution in [2.45, 2.75) is 30.7 Å². The van der Waals surface area contributed by atoms with Crippen molar-refractivity contribution in [3.8, 4) is 0 Å². The van der Waals surface area contributed by atoms with Gasteiger partial charge in [0.2, 0.25) is 0 Å². The van der Waals surface area contributed by atoms with E-state index in [0.717, 1.165) is 23.2 Å². The van der Waals surface area contributed by atoms with Gasteiger partial charge >= 0.3 is 0 Å². The van der Waals surface area contributed by atoms with Crippen LogP contribution in [-0.2, 0) is 6.42 Å². The fraction of sp³-hybridized carbons (Fsp3) is 0.333. The molecule has 2 aromatic rings. The van der Waals surface area contributed by atoms with Crippen molar-refractivity contribution in [3.63, 3.8) is 0 Å². The lowest BCUT2D eigenvalue weighted by Crippen LogP contribution is -2.31. The Balaban J connectivity index is 1.82. The lowest BCUT2D eigenvalue weighted by molar-refractivity contribution is 0.537. The van der Waals surface area contributed by atoms with Gasteiger partial charge in [-0.3, -0.25) is 0 Å². The summed E-state index contributed by atoms with van der Waals surface area (Å²) < 4.78 is 1.14. The zero-order valence-electron chi connectivity index (χ0n) is 12.4. The first-order chi connectivity index (χ1) is 10.3. The van der Waals surface area contributed by atoms with Crippen molar-refractivity contribution in [2.24, 2.45) is 0 Å². The summed E-state index contributed by atoms with van der Waals surface area (Å²) in [5.74, 6) is 1.11. The Bertz CT molecular complexity index is 513. The molecule has 0 aromatic heterocycles. The van der Waals surface area contributed by atoms with Crippen molar-refractivity contribution < 1.29 is 0 Å². The normalized spacial score (nSPS) is 12.3. The molecule has 1 nitrogen and oxygen atoms in total. The van der Waals surface area contributed by atoms with Crippen molar-refractivity contribution in [3.05, 3.63) is 64.6 Å². The Labute approximate surface area is 140 Å². The number of rotatable bonds is 8. The Hall–Kier alpha value is -0.770. The summed E-state index contributed by atoms with van der Waals surface area (Å²) >= 11 is 5.41. The van der Waals surface area contributed by atoms with Crippen LogP contribution in [0.25, 0.3) is 0 Å². The first kappa shape index (κ1) is 16.6. The third-order valence-corrected chi connectivity index (χ3v) is 5.09. The number of aryl methyl sites for hydroxylation is 1. The Morgan fingerprint density at radius 1 is 1.05 bits per heavy atom. The van der Waals surface area contributed by atoms with Crippen LogP contribution < -0.4 is 5.32 Å². The summed E-state index contributed by atoms with van der Waals surface area (Å²) in [6, 6.07) is 19.9. The highest BCUT2D eigenvalue weighted by molar-refractivity contribution is 9.10. The first-order valence-electron chi connectivity index (χ1n) is 7.43. The summed E-state index contributed by atoms with van der Waals surface area (Å²) in [5, 5.41) is 3.60. The highest BCUT2D eigenvalue weighted by Crippen LogP contribution is 2.22. The molecule has 3 heteroatoms. The van der Waals surface area contributed by atoms with Gasteiger partial charge in [-0.2, -0.15) is 0 Å². The molecule has 0 fully saturated rings. The largest absolute Gasteiger partial charge is 0.313 e. The van der Waals surface area contributed by atoms with Crippen LogP contribution in [0.5, 0.6) is 0 Å². The van der Waals surface area contributed by atoms with E-state index in [4.69, 9.17) is 0 Å². The number of nitrogens with one attached hydrogen (secondary N) is 1. The number of hydrogen-bond acceptors (Lipinski definition) is 2. The minimum Gasteiger partial charge on any atom is -0.313 e.